The number of nitrogens with one attached hydrogen (secondary N) is 2. The van der Waals surface area contributed by atoms with Gasteiger partial charge in [-0.1, -0.05) is 39.0 Å². The Kier molecular flexibility index (Phi) is 10.4. The highest BCUT2D eigenvalue weighted by Crippen LogP contribution is 2.32. The molecule has 0 aliphatic carbocycles. The van der Waals surface area contributed by atoms with Gasteiger partial charge in [0.2, 0.25) is 11.8 Å². The first-order valence-electron chi connectivity index (χ1n) is 12.6. The summed E-state index contributed by atoms with van der Waals surface area (Å²) in [5.74, 6) is -0.772. The van der Waals surface area contributed by atoms with E-state index in [1.54, 1.807) is 25.7 Å². The summed E-state index contributed by atoms with van der Waals surface area (Å²) in [7, 11) is 0. The minimum Gasteiger partial charge on any atom is -0.444 e. The third-order valence-corrected chi connectivity index (χ3v) is 5.77. The van der Waals surface area contributed by atoms with E-state index in [2.05, 4.69) is 10.6 Å². The second-order valence-electron chi connectivity index (χ2n) is 11.8. The topological polar surface area (TPSA) is 87.7 Å². The van der Waals surface area contributed by atoms with E-state index in [0.717, 1.165) is 16.7 Å². The third-order valence-electron chi connectivity index (χ3n) is 5.77. The van der Waals surface area contributed by atoms with E-state index in [1.807, 2.05) is 80.5 Å². The van der Waals surface area contributed by atoms with Gasteiger partial charge in [0.05, 0.1) is 0 Å². The second kappa shape index (κ2) is 11.9. The highest BCUT2D eigenvalue weighted by molar-refractivity contribution is 5.93. The van der Waals surface area contributed by atoms with Gasteiger partial charge in [0.1, 0.15) is 17.7 Å². The molecule has 0 radical (unpaired) electrons. The largest absolute Gasteiger partial charge is 0.444 e. The van der Waals surface area contributed by atoms with Crippen molar-refractivity contribution in [2.45, 2.75) is 119 Å². The van der Waals surface area contributed by atoms with E-state index in [0.29, 0.717) is 6.42 Å². The van der Waals surface area contributed by atoms with Crippen LogP contribution in [0.1, 0.15) is 98.4 Å². The van der Waals surface area contributed by atoms with Crippen molar-refractivity contribution in [3.05, 3.63) is 34.9 Å². The Balaban J connectivity index is 3.66. The summed E-state index contributed by atoms with van der Waals surface area (Å²) in [6, 6.07) is 3.91. The molecular weight excluding hydrogens is 442 g/mol. The normalized spacial score (nSPS) is 14.7. The maximum absolute atomic E-state index is 14.2. The van der Waals surface area contributed by atoms with Crippen molar-refractivity contribution in [1.82, 2.24) is 15.5 Å². The zero-order valence-corrected chi connectivity index (χ0v) is 23.8. The molecular formula is C28H47N3O4. The van der Waals surface area contributed by atoms with Crippen LogP contribution >= 0.6 is 0 Å². The Morgan fingerprint density at radius 1 is 0.971 bits per heavy atom. The first kappa shape index (κ1) is 30.5. The predicted octanol–water partition coefficient (Wildman–Crippen LogP) is 5.44. The summed E-state index contributed by atoms with van der Waals surface area (Å²) < 4.78 is 5.43. The average Bonchev–Trinajstić information content (AvgIpc) is 2.67. The lowest BCUT2D eigenvalue weighted by atomic mass is 9.91. The van der Waals surface area contributed by atoms with Gasteiger partial charge in [-0.05, 0) is 91.3 Å². The summed E-state index contributed by atoms with van der Waals surface area (Å²) in [5, 5.41) is 5.85. The molecule has 0 bridgehead atoms. The molecule has 0 spiro atoms. The lowest BCUT2D eigenvalue weighted by Gasteiger charge is -2.41. The fraction of sp³-hybridized carbons (Fsp3) is 0.679. The van der Waals surface area contributed by atoms with Crippen molar-refractivity contribution in [1.29, 1.82) is 0 Å². The number of rotatable bonds is 8. The van der Waals surface area contributed by atoms with Gasteiger partial charge in [-0.2, -0.15) is 0 Å². The van der Waals surface area contributed by atoms with Gasteiger partial charge >= 0.3 is 6.09 Å². The van der Waals surface area contributed by atoms with Crippen molar-refractivity contribution in [2.75, 3.05) is 0 Å². The number of hydrogen-bond donors (Lipinski definition) is 2. The van der Waals surface area contributed by atoms with Crippen LogP contribution in [0.3, 0.4) is 0 Å². The van der Waals surface area contributed by atoms with E-state index < -0.39 is 29.3 Å². The molecule has 7 heteroatoms. The molecule has 7 nitrogen and oxygen atoms in total. The highest BCUT2D eigenvalue weighted by Gasteiger charge is 2.41. The number of benzene rings is 1. The number of hydrogen-bond acceptors (Lipinski definition) is 4. The Labute approximate surface area is 212 Å². The quantitative estimate of drug-likeness (QED) is 0.509. The fourth-order valence-electron chi connectivity index (χ4n) is 4.00. The van der Waals surface area contributed by atoms with Crippen LogP contribution in [0.5, 0.6) is 0 Å². The van der Waals surface area contributed by atoms with Gasteiger partial charge in [0.15, 0.2) is 0 Å². The SMILES string of the molecule is CCC(C)N(C(=O)C(NC(=O)OC(C)(C)C)C(C)C)C(C(=O)NC(C)(C)C)c1c(C)cccc1C. The van der Waals surface area contributed by atoms with Crippen LogP contribution in [-0.2, 0) is 14.3 Å². The molecule has 198 valence electrons. The number of carbonyl (C=O) groups is 3. The minimum absolute atomic E-state index is 0.217. The van der Waals surface area contributed by atoms with Crippen molar-refractivity contribution >= 4 is 17.9 Å². The Morgan fingerprint density at radius 2 is 1.49 bits per heavy atom. The van der Waals surface area contributed by atoms with Crippen molar-refractivity contribution in [2.24, 2.45) is 5.92 Å². The number of nitrogens with zero attached hydrogens (tertiary/aromatic N) is 1. The number of carbonyl (C=O) groups excluding carboxylic acids is 3. The Morgan fingerprint density at radius 3 is 1.89 bits per heavy atom. The maximum atomic E-state index is 14.2. The second-order valence-corrected chi connectivity index (χ2v) is 11.8. The number of aryl methyl sites for hydroxylation is 2. The maximum Gasteiger partial charge on any atom is 0.408 e. The molecule has 3 atom stereocenters. The smallest absolute Gasteiger partial charge is 0.408 e. The molecule has 1 aromatic rings. The van der Waals surface area contributed by atoms with Gasteiger partial charge < -0.3 is 20.3 Å². The van der Waals surface area contributed by atoms with Gasteiger partial charge in [-0.15, -0.1) is 0 Å². The van der Waals surface area contributed by atoms with Crippen LogP contribution < -0.4 is 10.6 Å². The van der Waals surface area contributed by atoms with E-state index in [9.17, 15) is 14.4 Å². The zero-order valence-electron chi connectivity index (χ0n) is 23.8. The van der Waals surface area contributed by atoms with Gasteiger partial charge in [-0.3, -0.25) is 9.59 Å². The molecule has 0 aromatic heterocycles. The Hall–Kier alpha value is -2.57. The van der Waals surface area contributed by atoms with Crippen LogP contribution in [0.4, 0.5) is 4.79 Å². The zero-order chi connectivity index (χ0) is 27.3. The molecule has 3 unspecified atom stereocenters. The monoisotopic (exact) mass is 489 g/mol. The molecule has 0 saturated carbocycles. The summed E-state index contributed by atoms with van der Waals surface area (Å²) in [5.41, 5.74) is 1.49. The first-order valence-corrected chi connectivity index (χ1v) is 12.6. The van der Waals surface area contributed by atoms with Crippen LogP contribution in [0, 0.1) is 19.8 Å². The van der Waals surface area contributed by atoms with Crippen molar-refractivity contribution in [3.8, 4) is 0 Å². The van der Waals surface area contributed by atoms with Gasteiger partial charge in [-0.25, -0.2) is 4.79 Å². The standard InChI is InChI=1S/C28H47N3O4/c1-13-20(6)31(25(33)22(17(2)3)29-26(34)35-28(10,11)12)23(24(32)30-27(7,8)9)21-18(4)15-14-16-19(21)5/h14-17,20,22-23H,13H2,1-12H3,(H,29,34)(H,30,32). The van der Waals surface area contributed by atoms with Crippen molar-refractivity contribution in [3.63, 3.8) is 0 Å². The molecule has 35 heavy (non-hydrogen) atoms. The van der Waals surface area contributed by atoms with Crippen LogP contribution in [0.2, 0.25) is 0 Å². The molecule has 0 saturated heterocycles. The highest BCUT2D eigenvalue weighted by atomic mass is 16.6. The molecule has 0 aliphatic heterocycles. The van der Waals surface area contributed by atoms with Gasteiger partial charge in [0, 0.05) is 11.6 Å². The summed E-state index contributed by atoms with van der Waals surface area (Å²) in [6.07, 6.45) is -0.0100. The van der Waals surface area contributed by atoms with E-state index in [4.69, 9.17) is 4.74 Å². The summed E-state index contributed by atoms with van der Waals surface area (Å²) in [6.45, 7) is 22.7. The van der Waals surface area contributed by atoms with E-state index >= 15 is 0 Å². The predicted molar refractivity (Wildman–Crippen MR) is 141 cm³/mol. The van der Waals surface area contributed by atoms with Gasteiger partial charge in [0.25, 0.3) is 0 Å². The van der Waals surface area contributed by atoms with E-state index in [-0.39, 0.29) is 23.8 Å². The summed E-state index contributed by atoms with van der Waals surface area (Å²) >= 11 is 0. The van der Waals surface area contributed by atoms with Crippen LogP contribution in [0.15, 0.2) is 18.2 Å². The fourth-order valence-corrected chi connectivity index (χ4v) is 4.00. The first-order chi connectivity index (χ1) is 15.9. The molecule has 0 aliphatic rings. The van der Waals surface area contributed by atoms with Crippen molar-refractivity contribution < 1.29 is 19.1 Å². The summed E-state index contributed by atoms with van der Waals surface area (Å²) in [4.78, 5) is 42.3. The molecule has 0 heterocycles. The molecule has 1 aromatic carbocycles. The van der Waals surface area contributed by atoms with Crippen LogP contribution in [-0.4, -0.2) is 46.0 Å². The molecule has 1 rings (SSSR count). The number of amides is 3. The lowest BCUT2D eigenvalue weighted by molar-refractivity contribution is -0.146. The number of ether oxygens (including phenoxy) is 1. The lowest BCUT2D eigenvalue weighted by Crippen LogP contribution is -2.58. The third kappa shape index (κ3) is 8.86. The number of alkyl carbamates (subject to hydrolysis) is 1. The molecule has 2 N–H and O–H groups in total. The van der Waals surface area contributed by atoms with E-state index in [1.165, 1.54) is 0 Å². The van der Waals surface area contributed by atoms with Crippen LogP contribution in [0.25, 0.3) is 0 Å². The molecule has 3 amide bonds. The average molecular weight is 490 g/mol. The molecule has 0 fully saturated rings. The minimum atomic E-state index is -0.854. The Bertz CT molecular complexity index is 876.